The molecular formula is C12H22N2O3. The van der Waals surface area contributed by atoms with Gasteiger partial charge in [-0.2, -0.15) is 0 Å². The molecule has 1 saturated carbocycles. The summed E-state index contributed by atoms with van der Waals surface area (Å²) in [5, 5.41) is 5.37. The smallest absolute Gasteiger partial charge is 0.408 e. The molecule has 3 unspecified atom stereocenters. The van der Waals surface area contributed by atoms with Crippen molar-refractivity contribution in [1.82, 2.24) is 10.6 Å². The van der Waals surface area contributed by atoms with E-state index in [1.54, 1.807) is 27.7 Å². The summed E-state index contributed by atoms with van der Waals surface area (Å²) < 4.78 is 5.07. The Morgan fingerprint density at radius 1 is 1.35 bits per heavy atom. The van der Waals surface area contributed by atoms with Crippen LogP contribution in [0, 0.1) is 5.92 Å². The Morgan fingerprint density at radius 2 is 1.88 bits per heavy atom. The standard InChI is InChI=1S/C12H22N2O3/c1-7-6-9(7)14-10(15)8(2)13-11(16)17-12(3,4)5/h7-9H,6H2,1-5H3,(H,13,16)(H,14,15). The van der Waals surface area contributed by atoms with Crippen molar-refractivity contribution in [3.63, 3.8) is 0 Å². The van der Waals surface area contributed by atoms with E-state index in [4.69, 9.17) is 4.74 Å². The minimum atomic E-state index is -0.572. The molecule has 0 heterocycles. The molecular weight excluding hydrogens is 220 g/mol. The van der Waals surface area contributed by atoms with E-state index in [1.165, 1.54) is 0 Å². The topological polar surface area (TPSA) is 67.4 Å². The molecule has 17 heavy (non-hydrogen) atoms. The zero-order valence-electron chi connectivity index (χ0n) is 11.2. The van der Waals surface area contributed by atoms with Crippen LogP contribution in [0.3, 0.4) is 0 Å². The molecule has 2 N–H and O–H groups in total. The Hall–Kier alpha value is -1.26. The highest BCUT2D eigenvalue weighted by Crippen LogP contribution is 2.28. The van der Waals surface area contributed by atoms with Crippen LogP contribution < -0.4 is 10.6 Å². The van der Waals surface area contributed by atoms with Crippen molar-refractivity contribution < 1.29 is 14.3 Å². The summed E-state index contributed by atoms with van der Waals surface area (Å²) >= 11 is 0. The van der Waals surface area contributed by atoms with Crippen LogP contribution in [0.1, 0.15) is 41.0 Å². The van der Waals surface area contributed by atoms with E-state index < -0.39 is 17.7 Å². The third kappa shape index (κ3) is 5.06. The fraction of sp³-hybridized carbons (Fsp3) is 0.833. The predicted octanol–water partition coefficient (Wildman–Crippen LogP) is 1.42. The molecule has 0 aromatic heterocycles. The van der Waals surface area contributed by atoms with Gasteiger partial charge in [0.25, 0.3) is 0 Å². The number of carbonyl (C=O) groups excluding carboxylic acids is 2. The lowest BCUT2D eigenvalue weighted by Gasteiger charge is -2.21. The second-order valence-corrected chi connectivity index (χ2v) is 5.70. The summed E-state index contributed by atoms with van der Waals surface area (Å²) in [4.78, 5) is 23.1. The van der Waals surface area contributed by atoms with Crippen molar-refractivity contribution in [2.24, 2.45) is 5.92 Å². The van der Waals surface area contributed by atoms with E-state index in [9.17, 15) is 9.59 Å². The van der Waals surface area contributed by atoms with Gasteiger partial charge in [0.2, 0.25) is 5.91 Å². The van der Waals surface area contributed by atoms with Crippen LogP contribution in [0.5, 0.6) is 0 Å². The first-order valence-corrected chi connectivity index (χ1v) is 5.99. The van der Waals surface area contributed by atoms with Gasteiger partial charge in [-0.05, 0) is 40.0 Å². The molecule has 3 atom stereocenters. The molecule has 1 aliphatic rings. The van der Waals surface area contributed by atoms with E-state index in [0.717, 1.165) is 6.42 Å². The Morgan fingerprint density at radius 3 is 2.29 bits per heavy atom. The minimum absolute atomic E-state index is 0.162. The Kier molecular flexibility index (Phi) is 4.01. The molecule has 0 spiro atoms. The maximum atomic E-state index is 11.7. The highest BCUT2D eigenvalue weighted by atomic mass is 16.6. The number of alkyl carbamates (subject to hydrolysis) is 1. The lowest BCUT2D eigenvalue weighted by atomic mass is 10.2. The molecule has 1 rings (SSSR count). The SMILES string of the molecule is CC(NC(=O)OC(C)(C)C)C(=O)NC1CC1C. The van der Waals surface area contributed by atoms with E-state index >= 15 is 0 Å². The quantitative estimate of drug-likeness (QED) is 0.786. The van der Waals surface area contributed by atoms with Crippen molar-refractivity contribution in [2.75, 3.05) is 0 Å². The molecule has 0 bridgehead atoms. The molecule has 5 nitrogen and oxygen atoms in total. The Balaban J connectivity index is 2.30. The third-order valence-corrected chi connectivity index (χ3v) is 2.56. The van der Waals surface area contributed by atoms with E-state index in [1.807, 2.05) is 0 Å². The number of amides is 2. The molecule has 1 aliphatic carbocycles. The first-order valence-electron chi connectivity index (χ1n) is 5.99. The van der Waals surface area contributed by atoms with Crippen molar-refractivity contribution in [2.45, 2.75) is 58.7 Å². The third-order valence-electron chi connectivity index (χ3n) is 2.56. The number of nitrogens with one attached hydrogen (secondary N) is 2. The van der Waals surface area contributed by atoms with Crippen LogP contribution in [-0.4, -0.2) is 29.7 Å². The predicted molar refractivity (Wildman–Crippen MR) is 64.5 cm³/mol. The van der Waals surface area contributed by atoms with Gasteiger partial charge in [-0.3, -0.25) is 4.79 Å². The van der Waals surface area contributed by atoms with Gasteiger partial charge in [-0.25, -0.2) is 4.79 Å². The Bertz CT molecular complexity index is 309. The fourth-order valence-corrected chi connectivity index (χ4v) is 1.38. The van der Waals surface area contributed by atoms with Gasteiger partial charge in [0.05, 0.1) is 0 Å². The number of hydrogen-bond donors (Lipinski definition) is 2. The number of hydrogen-bond acceptors (Lipinski definition) is 3. The van der Waals surface area contributed by atoms with Gasteiger partial charge >= 0.3 is 6.09 Å². The Labute approximate surface area is 102 Å². The molecule has 1 fully saturated rings. The number of rotatable bonds is 3. The zero-order chi connectivity index (χ0) is 13.2. The summed E-state index contributed by atoms with van der Waals surface area (Å²) in [5.41, 5.74) is -0.550. The monoisotopic (exact) mass is 242 g/mol. The normalized spacial score (nSPS) is 24.8. The van der Waals surface area contributed by atoms with Crippen LogP contribution in [0.25, 0.3) is 0 Å². The van der Waals surface area contributed by atoms with Crippen LogP contribution >= 0.6 is 0 Å². The highest BCUT2D eigenvalue weighted by molar-refractivity contribution is 5.85. The van der Waals surface area contributed by atoms with Crippen molar-refractivity contribution in [3.05, 3.63) is 0 Å². The molecule has 0 saturated heterocycles. The second kappa shape index (κ2) is 4.94. The average molecular weight is 242 g/mol. The van der Waals surface area contributed by atoms with Crippen LogP contribution in [0.4, 0.5) is 4.79 Å². The molecule has 98 valence electrons. The molecule has 0 aliphatic heterocycles. The van der Waals surface area contributed by atoms with E-state index in [2.05, 4.69) is 17.6 Å². The summed E-state index contributed by atoms with van der Waals surface area (Å²) in [6.45, 7) is 9.07. The average Bonchev–Trinajstić information content (AvgIpc) is 2.77. The second-order valence-electron chi connectivity index (χ2n) is 5.70. The molecule has 2 amide bonds. The van der Waals surface area contributed by atoms with Gasteiger partial charge in [0.15, 0.2) is 0 Å². The lowest BCUT2D eigenvalue weighted by Crippen LogP contribution is -2.47. The van der Waals surface area contributed by atoms with Crippen molar-refractivity contribution in [1.29, 1.82) is 0 Å². The van der Waals surface area contributed by atoms with Crippen molar-refractivity contribution >= 4 is 12.0 Å². The number of ether oxygens (including phenoxy) is 1. The van der Waals surface area contributed by atoms with Crippen LogP contribution in [-0.2, 0) is 9.53 Å². The number of carbonyl (C=O) groups is 2. The van der Waals surface area contributed by atoms with Gasteiger partial charge in [0.1, 0.15) is 11.6 Å². The summed E-state index contributed by atoms with van der Waals surface area (Å²) in [6.07, 6.45) is 0.453. The molecule has 0 aromatic rings. The van der Waals surface area contributed by atoms with E-state index in [0.29, 0.717) is 5.92 Å². The lowest BCUT2D eigenvalue weighted by molar-refractivity contribution is -0.123. The van der Waals surface area contributed by atoms with E-state index in [-0.39, 0.29) is 11.9 Å². The minimum Gasteiger partial charge on any atom is -0.444 e. The largest absolute Gasteiger partial charge is 0.444 e. The van der Waals surface area contributed by atoms with Gasteiger partial charge in [-0.1, -0.05) is 6.92 Å². The maximum Gasteiger partial charge on any atom is 0.408 e. The van der Waals surface area contributed by atoms with Crippen molar-refractivity contribution in [3.8, 4) is 0 Å². The summed E-state index contributed by atoms with van der Waals surface area (Å²) in [6, 6.07) is -0.303. The van der Waals surface area contributed by atoms with Gasteiger partial charge in [-0.15, -0.1) is 0 Å². The highest BCUT2D eigenvalue weighted by Gasteiger charge is 2.35. The molecule has 0 radical (unpaired) electrons. The summed E-state index contributed by atoms with van der Waals surface area (Å²) in [5.74, 6) is 0.387. The zero-order valence-corrected chi connectivity index (χ0v) is 11.2. The first kappa shape index (κ1) is 13.8. The first-order chi connectivity index (χ1) is 7.69. The fourth-order valence-electron chi connectivity index (χ4n) is 1.38. The maximum absolute atomic E-state index is 11.7. The van der Waals surface area contributed by atoms with Gasteiger partial charge in [0, 0.05) is 6.04 Å². The van der Waals surface area contributed by atoms with Crippen LogP contribution in [0.15, 0.2) is 0 Å². The molecule has 0 aromatic carbocycles. The van der Waals surface area contributed by atoms with Crippen LogP contribution in [0.2, 0.25) is 0 Å². The van der Waals surface area contributed by atoms with Gasteiger partial charge < -0.3 is 15.4 Å². The summed E-state index contributed by atoms with van der Waals surface area (Å²) in [7, 11) is 0. The molecule has 5 heteroatoms.